The summed E-state index contributed by atoms with van der Waals surface area (Å²) in [5, 5.41) is 0.858. The van der Waals surface area contributed by atoms with Gasteiger partial charge in [0.1, 0.15) is 0 Å². The summed E-state index contributed by atoms with van der Waals surface area (Å²) in [4.78, 5) is 44.6. The molecule has 2 aliphatic rings. The maximum absolute atomic E-state index is 13.8. The van der Waals surface area contributed by atoms with E-state index in [4.69, 9.17) is 37.4 Å². The van der Waals surface area contributed by atoms with Crippen molar-refractivity contribution in [2.24, 2.45) is 5.92 Å². The third kappa shape index (κ3) is 6.51. The van der Waals surface area contributed by atoms with E-state index in [2.05, 4.69) is 0 Å². The maximum Gasteiger partial charge on any atom is 0.254 e. The van der Waals surface area contributed by atoms with Crippen LogP contribution in [0.5, 0.6) is 17.2 Å². The maximum atomic E-state index is 13.8. The topological polar surface area (TPSA) is 88.6 Å². The first-order chi connectivity index (χ1) is 19.6. The molecule has 0 N–H and O–H groups in total. The fourth-order valence-corrected chi connectivity index (χ4v) is 6.24. The lowest BCUT2D eigenvalue weighted by Gasteiger charge is -2.44. The van der Waals surface area contributed by atoms with E-state index >= 15 is 0 Å². The van der Waals surface area contributed by atoms with Gasteiger partial charge in [-0.3, -0.25) is 14.4 Å². The molecule has 0 aromatic heterocycles. The quantitative estimate of drug-likeness (QED) is 0.453. The van der Waals surface area contributed by atoms with Crippen molar-refractivity contribution in [1.82, 2.24) is 14.7 Å². The number of rotatable bonds is 7. The second kappa shape index (κ2) is 13.2. The molecule has 0 aliphatic carbocycles. The van der Waals surface area contributed by atoms with Gasteiger partial charge in [-0.05, 0) is 49.1 Å². The van der Waals surface area contributed by atoms with Crippen molar-refractivity contribution < 1.29 is 28.6 Å². The lowest BCUT2D eigenvalue weighted by atomic mass is 9.83. The normalized spacial score (nSPS) is 19.5. The van der Waals surface area contributed by atoms with E-state index in [0.717, 1.165) is 5.56 Å². The molecule has 2 saturated heterocycles. The summed E-state index contributed by atoms with van der Waals surface area (Å²) in [5.41, 5.74) is 1.29. The molecule has 9 nitrogen and oxygen atoms in total. The average Bonchev–Trinajstić information content (AvgIpc) is 3.00. The fourth-order valence-electron chi connectivity index (χ4n) is 5.93. The van der Waals surface area contributed by atoms with Crippen LogP contribution in [-0.4, -0.2) is 93.0 Å². The number of carbonyl (C=O) groups excluding carboxylic acids is 3. The first-order valence-electron chi connectivity index (χ1n) is 13.7. The van der Waals surface area contributed by atoms with Gasteiger partial charge in [-0.2, -0.15) is 0 Å². The Balaban J connectivity index is 1.60. The summed E-state index contributed by atoms with van der Waals surface area (Å²) in [6, 6.07) is 8.53. The molecule has 2 unspecified atom stereocenters. The Labute approximate surface area is 251 Å². The molecular formula is C30H37Cl2N3O6. The number of nitrogens with zero attached hydrogens (tertiary/aromatic N) is 3. The molecular weight excluding hydrogens is 569 g/mol. The predicted molar refractivity (Wildman–Crippen MR) is 157 cm³/mol. The van der Waals surface area contributed by atoms with Gasteiger partial charge in [-0.25, -0.2) is 0 Å². The molecule has 0 radical (unpaired) electrons. The van der Waals surface area contributed by atoms with Crippen LogP contribution in [0, 0.1) is 5.92 Å². The third-order valence-corrected chi connectivity index (χ3v) is 9.02. The number of hydrogen-bond donors (Lipinski definition) is 0. The van der Waals surface area contributed by atoms with Gasteiger partial charge in [0.15, 0.2) is 11.5 Å². The van der Waals surface area contributed by atoms with Crippen LogP contribution in [0.15, 0.2) is 30.3 Å². The standard InChI is InChI=1S/C30H37Cl2N3O6/c1-18(36)34-11-8-19(9-12-34)30(38)35-13-10-25(22(17-35)20-6-7-23(31)24(32)14-20)33(2)29(37)21-15-26(39-3)28(41-5)27(16-21)40-4/h6-7,14-16,19,22,25H,8-13,17H2,1-5H3. The average molecular weight is 607 g/mol. The van der Waals surface area contributed by atoms with Crippen LogP contribution in [0.25, 0.3) is 0 Å². The molecule has 2 fully saturated rings. The second-order valence-corrected chi connectivity index (χ2v) is 11.3. The van der Waals surface area contributed by atoms with Crippen molar-refractivity contribution in [2.75, 3.05) is 54.6 Å². The molecule has 222 valence electrons. The Hall–Kier alpha value is -3.17. The highest BCUT2D eigenvalue weighted by Crippen LogP contribution is 2.40. The van der Waals surface area contributed by atoms with Crippen LogP contribution in [-0.2, 0) is 9.59 Å². The van der Waals surface area contributed by atoms with E-state index in [0.29, 0.717) is 78.3 Å². The molecule has 2 aromatic rings. The summed E-state index contributed by atoms with van der Waals surface area (Å²) < 4.78 is 16.3. The highest BCUT2D eigenvalue weighted by atomic mass is 35.5. The van der Waals surface area contributed by atoms with Gasteiger partial charge in [0.25, 0.3) is 5.91 Å². The van der Waals surface area contributed by atoms with Gasteiger partial charge in [0, 0.05) is 63.6 Å². The minimum absolute atomic E-state index is 0.0381. The molecule has 2 atom stereocenters. The van der Waals surface area contributed by atoms with Crippen molar-refractivity contribution >= 4 is 40.9 Å². The Morgan fingerprint density at radius 1 is 0.854 bits per heavy atom. The zero-order valence-corrected chi connectivity index (χ0v) is 25.6. The summed E-state index contributed by atoms with van der Waals surface area (Å²) >= 11 is 12.6. The number of carbonyl (C=O) groups is 3. The largest absolute Gasteiger partial charge is 0.493 e. The van der Waals surface area contributed by atoms with Gasteiger partial charge < -0.3 is 28.9 Å². The number of benzene rings is 2. The zero-order valence-electron chi connectivity index (χ0n) is 24.1. The lowest BCUT2D eigenvalue weighted by molar-refractivity contribution is -0.141. The lowest BCUT2D eigenvalue weighted by Crippen LogP contribution is -2.53. The van der Waals surface area contributed by atoms with Crippen LogP contribution in [0.1, 0.15) is 48.0 Å². The van der Waals surface area contributed by atoms with Gasteiger partial charge in [0.05, 0.1) is 31.4 Å². The van der Waals surface area contributed by atoms with Gasteiger partial charge in [-0.15, -0.1) is 0 Å². The highest BCUT2D eigenvalue weighted by molar-refractivity contribution is 6.42. The van der Waals surface area contributed by atoms with Gasteiger partial charge in [0.2, 0.25) is 17.6 Å². The fraction of sp³-hybridized carbons (Fsp3) is 0.500. The Kier molecular flexibility index (Phi) is 9.92. The summed E-state index contributed by atoms with van der Waals surface area (Å²) in [5.74, 6) is 0.777. The van der Waals surface area contributed by atoms with Crippen molar-refractivity contribution in [3.05, 3.63) is 51.5 Å². The molecule has 4 rings (SSSR count). The number of halogens is 2. The molecule has 0 saturated carbocycles. The highest BCUT2D eigenvalue weighted by Gasteiger charge is 2.39. The van der Waals surface area contributed by atoms with Crippen molar-refractivity contribution in [2.45, 2.75) is 38.1 Å². The van der Waals surface area contributed by atoms with E-state index in [-0.39, 0.29) is 35.6 Å². The number of likely N-dealkylation sites (N-methyl/N-ethyl adjacent to an activating group) is 1. The van der Waals surface area contributed by atoms with Gasteiger partial charge >= 0.3 is 0 Å². The number of ether oxygens (including phenoxy) is 3. The monoisotopic (exact) mass is 605 g/mol. The molecule has 41 heavy (non-hydrogen) atoms. The smallest absolute Gasteiger partial charge is 0.254 e. The van der Waals surface area contributed by atoms with E-state index < -0.39 is 0 Å². The van der Waals surface area contributed by atoms with Crippen LogP contribution in [0.3, 0.4) is 0 Å². The van der Waals surface area contributed by atoms with Crippen LogP contribution < -0.4 is 14.2 Å². The first kappa shape index (κ1) is 30.8. The SMILES string of the molecule is COc1cc(C(=O)N(C)C2CCN(C(=O)C3CCN(C(C)=O)CC3)CC2c2ccc(Cl)c(Cl)c2)cc(OC)c1OC. The van der Waals surface area contributed by atoms with Crippen LogP contribution in [0.4, 0.5) is 0 Å². The van der Waals surface area contributed by atoms with Crippen LogP contribution >= 0.6 is 23.2 Å². The number of methoxy groups -OCH3 is 3. The van der Waals surface area contributed by atoms with Crippen molar-refractivity contribution in [3.63, 3.8) is 0 Å². The molecule has 11 heteroatoms. The van der Waals surface area contributed by atoms with Crippen molar-refractivity contribution in [1.29, 1.82) is 0 Å². The number of amides is 3. The zero-order chi connectivity index (χ0) is 29.8. The van der Waals surface area contributed by atoms with E-state index in [1.807, 2.05) is 17.0 Å². The number of hydrogen-bond acceptors (Lipinski definition) is 6. The third-order valence-electron chi connectivity index (χ3n) is 8.28. The summed E-state index contributed by atoms with van der Waals surface area (Å²) in [6.07, 6.45) is 1.88. The molecule has 0 bridgehead atoms. The van der Waals surface area contributed by atoms with E-state index in [1.165, 1.54) is 21.3 Å². The second-order valence-electron chi connectivity index (χ2n) is 10.5. The minimum Gasteiger partial charge on any atom is -0.493 e. The molecule has 0 spiro atoms. The molecule has 2 aromatic carbocycles. The summed E-state index contributed by atoms with van der Waals surface area (Å²) in [7, 11) is 6.30. The predicted octanol–water partition coefficient (Wildman–Crippen LogP) is 4.73. The Morgan fingerprint density at radius 2 is 1.46 bits per heavy atom. The Bertz CT molecular complexity index is 1270. The molecule has 2 aliphatic heterocycles. The van der Waals surface area contributed by atoms with Crippen LogP contribution in [0.2, 0.25) is 10.0 Å². The number of likely N-dealkylation sites (tertiary alicyclic amines) is 2. The van der Waals surface area contributed by atoms with Crippen molar-refractivity contribution in [3.8, 4) is 17.2 Å². The first-order valence-corrected chi connectivity index (χ1v) is 14.4. The minimum atomic E-state index is -0.220. The van der Waals surface area contributed by atoms with E-state index in [9.17, 15) is 14.4 Å². The van der Waals surface area contributed by atoms with E-state index in [1.54, 1.807) is 42.0 Å². The Morgan fingerprint density at radius 3 is 2.00 bits per heavy atom. The number of piperidine rings is 2. The molecule has 2 heterocycles. The molecule has 3 amide bonds. The summed E-state index contributed by atoms with van der Waals surface area (Å²) in [6.45, 7) is 3.68. The van der Waals surface area contributed by atoms with Gasteiger partial charge in [-0.1, -0.05) is 29.3 Å².